The number of aromatic nitrogens is 2. The Morgan fingerprint density at radius 3 is 2.33 bits per heavy atom. The van der Waals surface area contributed by atoms with Crippen LogP contribution in [0.5, 0.6) is 0 Å². The molecule has 0 saturated carbocycles. The summed E-state index contributed by atoms with van der Waals surface area (Å²) in [5.41, 5.74) is 0. The fraction of sp³-hybridized carbons (Fsp3) is 0.778. The standard InChI is InChI=1S/C10H16N3O.C8H18O4S/c1-11-6-7-12(9-11)8-10(14)13-4-2-3-5-13;1-2-3-4-5-6-7-8-12-13(9,10)11/h6-7,9H,2-5,8H2,1H3;2-8H2,1H3,(H,9,10,11)/q+1;/p-1. The van der Waals surface area contributed by atoms with E-state index in [9.17, 15) is 17.8 Å². The zero-order chi connectivity index (χ0) is 20.1. The average molecular weight is 404 g/mol. The molecule has 27 heavy (non-hydrogen) atoms. The smallest absolute Gasteiger partial charge is 0.264 e. The van der Waals surface area contributed by atoms with Gasteiger partial charge in [-0.1, -0.05) is 39.0 Å². The van der Waals surface area contributed by atoms with Gasteiger partial charge in [0.1, 0.15) is 12.4 Å². The summed E-state index contributed by atoms with van der Waals surface area (Å²) in [7, 11) is -2.52. The van der Waals surface area contributed by atoms with Gasteiger partial charge < -0.3 is 9.45 Å². The normalized spacial score (nSPS) is 14.1. The number of aryl methyl sites for hydroxylation is 1. The van der Waals surface area contributed by atoms with Crippen molar-refractivity contribution >= 4 is 16.3 Å². The van der Waals surface area contributed by atoms with Crippen LogP contribution >= 0.6 is 0 Å². The van der Waals surface area contributed by atoms with Crippen LogP contribution in [-0.4, -0.2) is 48.0 Å². The van der Waals surface area contributed by atoms with Crippen LogP contribution in [0.25, 0.3) is 0 Å². The van der Waals surface area contributed by atoms with E-state index in [2.05, 4.69) is 11.1 Å². The molecule has 2 rings (SSSR count). The maximum absolute atomic E-state index is 11.7. The van der Waals surface area contributed by atoms with Crippen molar-refractivity contribution < 1.29 is 26.5 Å². The molecule has 2 heterocycles. The second-order valence-corrected chi connectivity index (χ2v) is 7.89. The molecule has 0 bridgehead atoms. The number of imidazole rings is 1. The van der Waals surface area contributed by atoms with Crippen LogP contribution in [0, 0.1) is 0 Å². The van der Waals surface area contributed by atoms with Crippen molar-refractivity contribution in [3.05, 3.63) is 18.7 Å². The fourth-order valence-electron chi connectivity index (χ4n) is 2.86. The summed E-state index contributed by atoms with van der Waals surface area (Å²) in [4.78, 5) is 13.7. The van der Waals surface area contributed by atoms with Crippen LogP contribution in [-0.2, 0) is 33.0 Å². The van der Waals surface area contributed by atoms with E-state index in [1.54, 1.807) is 0 Å². The summed E-state index contributed by atoms with van der Waals surface area (Å²) in [5, 5.41) is 0. The number of rotatable bonds is 10. The summed E-state index contributed by atoms with van der Waals surface area (Å²) in [6.45, 7) is 4.50. The van der Waals surface area contributed by atoms with Gasteiger partial charge in [-0.2, -0.15) is 0 Å². The van der Waals surface area contributed by atoms with Crippen LogP contribution in [0.1, 0.15) is 58.3 Å². The zero-order valence-electron chi connectivity index (χ0n) is 16.5. The molecule has 0 spiro atoms. The van der Waals surface area contributed by atoms with Crippen LogP contribution in [0.3, 0.4) is 0 Å². The lowest BCUT2D eigenvalue weighted by atomic mass is 10.1. The molecular formula is C18H33N3O5S. The van der Waals surface area contributed by atoms with Crippen molar-refractivity contribution in [2.75, 3.05) is 19.7 Å². The number of nitrogens with zero attached hydrogens (tertiary/aromatic N) is 3. The van der Waals surface area contributed by atoms with Crippen molar-refractivity contribution in [3.8, 4) is 0 Å². The van der Waals surface area contributed by atoms with Crippen LogP contribution in [0.2, 0.25) is 0 Å². The minimum atomic E-state index is -4.47. The average Bonchev–Trinajstić information content (AvgIpc) is 3.25. The molecule has 0 atom stereocenters. The number of unbranched alkanes of at least 4 members (excludes halogenated alkanes) is 5. The third-order valence-electron chi connectivity index (χ3n) is 4.33. The van der Waals surface area contributed by atoms with Gasteiger partial charge in [0.25, 0.3) is 5.91 Å². The number of carbonyl (C=O) groups is 1. The van der Waals surface area contributed by atoms with Gasteiger partial charge in [-0.3, -0.25) is 8.98 Å². The first kappa shape index (κ1) is 23.6. The monoisotopic (exact) mass is 403 g/mol. The van der Waals surface area contributed by atoms with Gasteiger partial charge in [0.2, 0.25) is 16.7 Å². The molecule has 1 saturated heterocycles. The number of carbonyl (C=O) groups excluding carboxylic acids is 1. The summed E-state index contributed by atoms with van der Waals surface area (Å²) >= 11 is 0. The Balaban J connectivity index is 0.000000271. The summed E-state index contributed by atoms with van der Waals surface area (Å²) in [5.74, 6) is 0.235. The molecule has 0 N–H and O–H groups in total. The molecular weight excluding hydrogens is 370 g/mol. The Bertz CT molecular complexity index is 639. The summed E-state index contributed by atoms with van der Waals surface area (Å²) in [6.07, 6.45) is 14.3. The summed E-state index contributed by atoms with van der Waals surface area (Å²) < 4.78 is 37.9. The number of likely N-dealkylation sites (tertiary alicyclic amines) is 1. The number of amides is 1. The molecule has 9 heteroatoms. The molecule has 1 amide bonds. The van der Waals surface area contributed by atoms with Gasteiger partial charge >= 0.3 is 0 Å². The van der Waals surface area contributed by atoms with E-state index in [4.69, 9.17) is 0 Å². The van der Waals surface area contributed by atoms with Crippen molar-refractivity contribution in [2.45, 2.75) is 64.8 Å². The molecule has 1 aliphatic rings. The predicted molar refractivity (Wildman–Crippen MR) is 100 cm³/mol. The molecule has 0 aromatic carbocycles. The Hall–Kier alpha value is -1.45. The van der Waals surface area contributed by atoms with Gasteiger partial charge in [-0.15, -0.1) is 0 Å². The van der Waals surface area contributed by atoms with Gasteiger partial charge in [-0.05, 0) is 19.3 Å². The molecule has 8 nitrogen and oxygen atoms in total. The van der Waals surface area contributed by atoms with E-state index < -0.39 is 10.4 Å². The molecule has 0 radical (unpaired) electrons. The van der Waals surface area contributed by atoms with Crippen molar-refractivity contribution in [3.63, 3.8) is 0 Å². The molecule has 0 aliphatic carbocycles. The highest BCUT2D eigenvalue weighted by molar-refractivity contribution is 7.80. The zero-order valence-corrected chi connectivity index (χ0v) is 17.3. The van der Waals surface area contributed by atoms with E-state index in [0.717, 1.165) is 38.8 Å². The van der Waals surface area contributed by atoms with E-state index in [-0.39, 0.29) is 12.5 Å². The van der Waals surface area contributed by atoms with E-state index in [0.29, 0.717) is 13.0 Å². The second kappa shape index (κ2) is 12.9. The number of hydrogen-bond acceptors (Lipinski definition) is 5. The highest BCUT2D eigenvalue weighted by atomic mass is 32.3. The quantitative estimate of drug-likeness (QED) is 0.257. The minimum absolute atomic E-state index is 0.0258. The lowest BCUT2D eigenvalue weighted by Gasteiger charge is -2.12. The van der Waals surface area contributed by atoms with Gasteiger partial charge in [0, 0.05) is 13.1 Å². The van der Waals surface area contributed by atoms with Crippen LogP contribution < -0.4 is 4.57 Å². The maximum Gasteiger partial charge on any atom is 0.264 e. The van der Waals surface area contributed by atoms with Gasteiger partial charge in [0.05, 0.1) is 13.7 Å². The summed E-state index contributed by atoms with van der Waals surface area (Å²) in [6, 6.07) is 0. The molecule has 1 fully saturated rings. The Labute approximate surface area is 163 Å². The molecule has 0 unspecified atom stereocenters. The van der Waals surface area contributed by atoms with E-state index in [1.807, 2.05) is 39.8 Å². The molecule has 1 aromatic rings. The minimum Gasteiger partial charge on any atom is -0.726 e. The maximum atomic E-state index is 11.7. The SMILES string of the molecule is CCCCCCCCOS(=O)(=O)[O-].C[n+]1ccn(CC(=O)N2CCCC2)c1. The first-order chi connectivity index (χ1) is 12.8. The third kappa shape index (κ3) is 11.8. The third-order valence-corrected chi connectivity index (χ3v) is 4.78. The first-order valence-electron chi connectivity index (χ1n) is 9.71. The first-order valence-corrected chi connectivity index (χ1v) is 11.0. The molecule has 1 aromatic heterocycles. The van der Waals surface area contributed by atoms with Crippen molar-refractivity contribution in [2.24, 2.45) is 7.05 Å². The lowest BCUT2D eigenvalue weighted by Crippen LogP contribution is -2.31. The number of hydrogen-bond donors (Lipinski definition) is 0. The Morgan fingerprint density at radius 2 is 1.78 bits per heavy atom. The van der Waals surface area contributed by atoms with Crippen LogP contribution in [0.4, 0.5) is 0 Å². The topological polar surface area (TPSA) is 95.5 Å². The van der Waals surface area contributed by atoms with Crippen molar-refractivity contribution in [1.29, 1.82) is 0 Å². The lowest BCUT2D eigenvalue weighted by molar-refractivity contribution is -0.671. The highest BCUT2D eigenvalue weighted by Crippen LogP contribution is 2.08. The highest BCUT2D eigenvalue weighted by Gasteiger charge is 2.19. The van der Waals surface area contributed by atoms with Crippen LogP contribution in [0.15, 0.2) is 18.7 Å². The predicted octanol–water partition coefficient (Wildman–Crippen LogP) is 1.76. The fourth-order valence-corrected chi connectivity index (χ4v) is 3.18. The van der Waals surface area contributed by atoms with E-state index >= 15 is 0 Å². The Kier molecular flexibility index (Phi) is 11.2. The Morgan fingerprint density at radius 1 is 1.15 bits per heavy atom. The molecule has 156 valence electrons. The largest absolute Gasteiger partial charge is 0.726 e. The van der Waals surface area contributed by atoms with E-state index in [1.165, 1.54) is 19.3 Å². The van der Waals surface area contributed by atoms with Crippen molar-refractivity contribution in [1.82, 2.24) is 9.47 Å². The van der Waals surface area contributed by atoms with Gasteiger partial charge in [-0.25, -0.2) is 17.6 Å². The molecule has 1 aliphatic heterocycles. The van der Waals surface area contributed by atoms with Gasteiger partial charge in [0.15, 0.2) is 6.54 Å². The second-order valence-electron chi connectivity index (χ2n) is 6.84.